The first-order chi connectivity index (χ1) is 38.6. The average Bonchev–Trinajstić information content (AvgIpc) is 1.60. The number of aromatic amines is 3. The van der Waals surface area contributed by atoms with Crippen LogP contribution >= 0.6 is 14.5 Å². The van der Waals surface area contributed by atoms with Gasteiger partial charge in [-0.25, -0.2) is 18.9 Å². The molecular weight excluding hydrogens is 1170 g/mol. The van der Waals surface area contributed by atoms with E-state index in [4.69, 9.17) is 63.1 Å². The second kappa shape index (κ2) is 24.0. The van der Waals surface area contributed by atoms with Crippen LogP contribution in [-0.2, 0) is 67.6 Å². The highest BCUT2D eigenvalue weighted by Gasteiger charge is 2.68. The van der Waals surface area contributed by atoms with Gasteiger partial charge >= 0.3 is 31.6 Å². The summed E-state index contributed by atoms with van der Waals surface area (Å²) in [5.74, 6) is 0. The zero-order chi connectivity index (χ0) is 64.0. The summed E-state index contributed by atoms with van der Waals surface area (Å²) in [6.07, 6.45) is -0.673. The number of aromatic nitrogens is 6. The van der Waals surface area contributed by atoms with E-state index in [9.17, 15) is 43.1 Å². The molecule has 85 heavy (non-hydrogen) atoms. The first kappa shape index (κ1) is 68.9. The van der Waals surface area contributed by atoms with E-state index in [1.807, 2.05) is 41.5 Å². The Labute approximate surface area is 499 Å². The largest absolute Gasteiger partial charge is 0.472 e. The van der Waals surface area contributed by atoms with Crippen molar-refractivity contribution < 1.29 is 65.6 Å². The molecule has 6 saturated heterocycles. The maximum atomic E-state index is 12.5. The first-order valence-corrected chi connectivity index (χ1v) is 32.6. The van der Waals surface area contributed by atoms with Gasteiger partial charge in [0.05, 0.1) is 37.1 Å². The summed E-state index contributed by atoms with van der Waals surface area (Å²) in [6, 6.07) is 0. The average molecular weight is 1260 g/mol. The Hall–Kier alpha value is -3.60. The molecule has 480 valence electrons. The minimum atomic E-state index is -4.39. The third-order valence-electron chi connectivity index (χ3n) is 14.4. The molecule has 6 aliphatic heterocycles. The minimum Gasteiger partial charge on any atom is -0.368 e. The molecule has 3 aromatic heterocycles. The van der Waals surface area contributed by atoms with E-state index in [0.717, 1.165) is 6.42 Å². The number of hydrogen-bond donors (Lipinski definition) is 5. The topological polar surface area (TPSA) is 324 Å². The fraction of sp³-hybridized carbons (Fsp3) is 0.786. The molecule has 29 heteroatoms. The highest BCUT2D eigenvalue weighted by molar-refractivity contribution is 8.07. The Morgan fingerprint density at radius 1 is 0.553 bits per heavy atom. The van der Waals surface area contributed by atoms with Gasteiger partial charge in [0.25, 0.3) is 16.7 Å². The Morgan fingerprint density at radius 3 is 1.15 bits per heavy atom. The number of fused-ring (bicyclic) bond motifs is 6. The van der Waals surface area contributed by atoms with E-state index in [1.54, 1.807) is 55.4 Å². The summed E-state index contributed by atoms with van der Waals surface area (Å²) in [5.41, 5.74) is -5.99. The molecular formula is C56H90N6O20P2S. The molecule has 6 bridgehead atoms. The smallest absolute Gasteiger partial charge is 0.368 e. The lowest BCUT2D eigenvalue weighted by Crippen LogP contribution is -2.47. The lowest BCUT2D eigenvalue weighted by Gasteiger charge is -2.38. The van der Waals surface area contributed by atoms with Crippen LogP contribution in [0.3, 0.4) is 0 Å². The number of nitrogens with one attached hydrogen (secondary N) is 3. The molecule has 3 aromatic rings. The molecule has 26 nitrogen and oxygen atoms in total. The lowest BCUT2D eigenvalue weighted by atomic mass is 9.80. The summed E-state index contributed by atoms with van der Waals surface area (Å²) < 4.78 is 82.0. The van der Waals surface area contributed by atoms with Gasteiger partial charge in [0.15, 0.2) is 18.7 Å². The van der Waals surface area contributed by atoms with Gasteiger partial charge in [0.2, 0.25) is 0 Å². The molecule has 0 aromatic carbocycles. The van der Waals surface area contributed by atoms with E-state index >= 15 is 0 Å². The van der Waals surface area contributed by atoms with E-state index < -0.39 is 120 Å². The van der Waals surface area contributed by atoms with Crippen LogP contribution in [0, 0.1) is 37.0 Å². The van der Waals surface area contributed by atoms with Gasteiger partial charge < -0.3 is 47.5 Å². The minimum absolute atomic E-state index is 0.00147. The number of nitrogens with zero attached hydrogens (tertiary/aromatic N) is 3. The van der Waals surface area contributed by atoms with E-state index in [0.29, 0.717) is 36.1 Å². The van der Waals surface area contributed by atoms with Gasteiger partial charge in [-0.1, -0.05) is 62.3 Å². The van der Waals surface area contributed by atoms with Gasteiger partial charge in [-0.2, -0.15) is 0 Å². The number of aryl methyl sites for hydroxylation is 3. The second-order valence-corrected chi connectivity index (χ2v) is 33.3. The number of phosphoric ester groups is 1. The molecule has 0 saturated carbocycles. The van der Waals surface area contributed by atoms with Gasteiger partial charge in [-0.15, -0.1) is 0 Å². The standard InChI is InChI=1S/C19H31N2O7PS.C19H30N2O5.C18H29N2O8P/c1-11-8-21(16(23)20-14(11)22)15-12-13(27-29(24,30)28-18(5,6)7)19(26-15,10-25-12)9-17(2,3)4;1-11-8-21(16(23)20-14(11)22)15-12-13(25-18(5,6)7)19(26-15,10-24-12)9-17(2,3)4;1-10(2)27-29(23,24)28-13-12-15(20-7-11(3)14(21)19-16(20)22)26-18(13,9-25-12)8-17(4,5)6/h8,12-13,15H,9-10H2,1-7H3,(H,24,30)(H,20,22,23);8,12-13,15H,9-10H2,1-7H3,(H,20,22,23);7,10,12-13,15H,8-9H2,1-6H3,(H,23,24)(H,19,21,22)/t12?,13-,15-,19+,29?;12?,13-,15-,19+;12?,13-,15-,18+/m111/s1. The number of rotatable bonds is 14. The molecule has 9 rings (SSSR count). The molecule has 6 fully saturated rings. The number of hydrogen-bond acceptors (Lipinski definition) is 19. The Kier molecular flexibility index (Phi) is 19.4. The predicted octanol–water partition coefficient (Wildman–Crippen LogP) is 6.35. The van der Waals surface area contributed by atoms with Crippen molar-refractivity contribution in [1.82, 2.24) is 28.7 Å². The molecule has 0 amide bonds. The third-order valence-corrected chi connectivity index (χ3v) is 17.3. The van der Waals surface area contributed by atoms with Crippen molar-refractivity contribution in [3.63, 3.8) is 0 Å². The van der Waals surface area contributed by atoms with Crippen molar-refractivity contribution in [2.45, 2.75) is 247 Å². The molecule has 0 aliphatic carbocycles. The van der Waals surface area contributed by atoms with Crippen LogP contribution in [0.25, 0.3) is 0 Å². The van der Waals surface area contributed by atoms with Gasteiger partial charge in [0.1, 0.15) is 53.4 Å². The van der Waals surface area contributed by atoms with Crippen LogP contribution in [0.2, 0.25) is 0 Å². The lowest BCUT2D eigenvalue weighted by molar-refractivity contribution is -0.189. The summed E-state index contributed by atoms with van der Waals surface area (Å²) >= 11 is 5.27. The molecule has 0 radical (unpaired) electrons. The Morgan fingerprint density at radius 2 is 0.859 bits per heavy atom. The number of ether oxygens (including phenoxy) is 7. The molecule has 5 unspecified atom stereocenters. The summed E-state index contributed by atoms with van der Waals surface area (Å²) in [6.45, 7) is 35.2. The van der Waals surface area contributed by atoms with E-state index in [2.05, 4.69) is 56.5 Å². The quantitative estimate of drug-likeness (QED) is 0.110. The first-order valence-electron chi connectivity index (χ1n) is 28.5. The number of H-pyrrole nitrogens is 3. The van der Waals surface area contributed by atoms with E-state index in [-0.39, 0.29) is 46.7 Å². The fourth-order valence-electron chi connectivity index (χ4n) is 12.1. The van der Waals surface area contributed by atoms with Crippen LogP contribution in [-0.4, -0.2) is 129 Å². The van der Waals surface area contributed by atoms with Crippen molar-refractivity contribution in [2.24, 2.45) is 16.2 Å². The van der Waals surface area contributed by atoms with Crippen LogP contribution in [0.15, 0.2) is 47.4 Å². The summed E-state index contributed by atoms with van der Waals surface area (Å²) in [5, 5.41) is 0. The summed E-state index contributed by atoms with van der Waals surface area (Å²) in [7, 11) is -4.39. The van der Waals surface area contributed by atoms with Gasteiger partial charge in [0, 0.05) is 35.3 Å². The SMILES string of the molecule is Cc1cn([C@@H]2O[C@@]3(CC(C)(C)C)COC2[C@H]3OC(C)(C)C)c(=O)[nH]c1=O.Cc1cn([C@@H]2O[C@@]3(CC(C)(C)C)COC2[C@H]3OP(=O)(O)OC(C)C)c(=O)[nH]c1=O.Cc1cn([C@@H]2O[C@@]3(CC(C)(C)C)COC2[C@H]3OP(O)(=S)OC(C)(C)C)c(=O)[nH]c1=O. The Balaban J connectivity index is 0.000000183. The second-order valence-electron chi connectivity index (χ2n) is 29.2. The monoisotopic (exact) mass is 1260 g/mol. The molecule has 9 heterocycles. The van der Waals surface area contributed by atoms with Crippen molar-refractivity contribution in [3.05, 3.63) is 97.8 Å². The van der Waals surface area contributed by atoms with Gasteiger partial charge in [-0.05, 0) is 123 Å². The maximum absolute atomic E-state index is 12.5. The van der Waals surface area contributed by atoms with Crippen molar-refractivity contribution in [2.75, 3.05) is 19.8 Å². The molecule has 5 N–H and O–H groups in total. The highest BCUT2D eigenvalue weighted by atomic mass is 32.5. The van der Waals surface area contributed by atoms with Crippen LogP contribution in [0.5, 0.6) is 0 Å². The maximum Gasteiger partial charge on any atom is 0.472 e. The van der Waals surface area contributed by atoms with E-state index in [1.165, 1.54) is 32.3 Å². The number of phosphoric acid groups is 1. The zero-order valence-corrected chi connectivity index (χ0v) is 55.2. The van der Waals surface area contributed by atoms with Gasteiger partial charge in [-0.3, -0.25) is 56.6 Å². The summed E-state index contributed by atoms with van der Waals surface area (Å²) in [4.78, 5) is 100. The van der Waals surface area contributed by atoms with Crippen LogP contribution < -0.4 is 33.7 Å². The third kappa shape index (κ3) is 16.1. The zero-order valence-electron chi connectivity index (χ0n) is 52.6. The molecule has 14 atom stereocenters. The van der Waals surface area contributed by atoms with Crippen LogP contribution in [0.4, 0.5) is 0 Å². The predicted molar refractivity (Wildman–Crippen MR) is 316 cm³/mol. The Bertz CT molecular complexity index is 3410. The molecule has 6 aliphatic rings. The highest BCUT2D eigenvalue weighted by Crippen LogP contribution is 2.60. The van der Waals surface area contributed by atoms with Crippen molar-refractivity contribution >= 4 is 26.3 Å². The fourth-order valence-corrected chi connectivity index (χ4v) is 15.6. The van der Waals surface area contributed by atoms with Crippen LogP contribution in [0.1, 0.15) is 172 Å². The van der Waals surface area contributed by atoms with Crippen molar-refractivity contribution in [3.8, 4) is 0 Å². The normalized spacial score (nSPS) is 31.4. The van der Waals surface area contributed by atoms with Crippen molar-refractivity contribution in [1.29, 1.82) is 0 Å². The molecule has 0 spiro atoms.